The van der Waals surface area contributed by atoms with Crippen molar-refractivity contribution in [1.29, 1.82) is 0 Å². The lowest BCUT2D eigenvalue weighted by atomic mass is 10.0. The molecule has 1 aliphatic heterocycles. The van der Waals surface area contributed by atoms with Crippen molar-refractivity contribution in [3.63, 3.8) is 0 Å². The molecule has 0 radical (unpaired) electrons. The molecule has 0 aliphatic carbocycles. The molecule has 0 saturated carbocycles. The Morgan fingerprint density at radius 1 is 1.11 bits per heavy atom. The second-order valence-corrected chi connectivity index (χ2v) is 7.41. The number of likely N-dealkylation sites (tertiary alicyclic amines) is 1. The van der Waals surface area contributed by atoms with Gasteiger partial charge in [-0.05, 0) is 48.9 Å². The number of carbonyl (C=O) groups excluding carboxylic acids is 3. The normalized spacial score (nSPS) is 16.6. The number of hydrogen-bond donors (Lipinski definition) is 2. The molecule has 2 heterocycles. The predicted molar refractivity (Wildman–Crippen MR) is 107 cm³/mol. The molecule has 6 nitrogen and oxygen atoms in total. The molecule has 1 aromatic heterocycles. The van der Waals surface area contributed by atoms with Crippen LogP contribution in [0.4, 0.5) is 11.4 Å². The van der Waals surface area contributed by atoms with Crippen molar-refractivity contribution in [3.8, 4) is 0 Å². The van der Waals surface area contributed by atoms with Gasteiger partial charge in [0.15, 0.2) is 0 Å². The molecule has 3 rings (SSSR count). The summed E-state index contributed by atoms with van der Waals surface area (Å²) < 4.78 is 0. The lowest BCUT2D eigenvalue weighted by Crippen LogP contribution is -2.49. The maximum atomic E-state index is 12.9. The molecule has 1 saturated heterocycles. The first-order valence-corrected chi connectivity index (χ1v) is 10.0. The second kappa shape index (κ2) is 8.81. The lowest BCUT2D eigenvalue weighted by Gasteiger charge is -2.34. The molecule has 1 aliphatic rings. The third-order valence-electron chi connectivity index (χ3n) is 4.53. The van der Waals surface area contributed by atoms with E-state index in [-0.39, 0.29) is 17.7 Å². The summed E-state index contributed by atoms with van der Waals surface area (Å²) in [4.78, 5) is 39.5. The standard InChI is InChI=1S/C20H23N3O3S/c1-2-18(24)21-14-7-5-8-15(13-14)22-19(25)16-9-3-4-11-23(16)20(26)17-10-6-12-27-17/h5-8,10,12-13,16H,2-4,9,11H2,1H3,(H,21,24)(H,22,25)/t16-/m0/s1. The van der Waals surface area contributed by atoms with Crippen LogP contribution in [0.15, 0.2) is 41.8 Å². The van der Waals surface area contributed by atoms with Crippen LogP contribution in [0.2, 0.25) is 0 Å². The van der Waals surface area contributed by atoms with Gasteiger partial charge in [-0.2, -0.15) is 0 Å². The van der Waals surface area contributed by atoms with Crippen LogP contribution in [0.25, 0.3) is 0 Å². The smallest absolute Gasteiger partial charge is 0.264 e. The first-order chi connectivity index (χ1) is 13.1. The number of amides is 3. The number of thiophene rings is 1. The van der Waals surface area contributed by atoms with E-state index in [0.29, 0.717) is 35.6 Å². The predicted octanol–water partition coefficient (Wildman–Crippen LogP) is 3.73. The summed E-state index contributed by atoms with van der Waals surface area (Å²) in [6.07, 6.45) is 2.85. The average molecular weight is 385 g/mol. The van der Waals surface area contributed by atoms with Crippen molar-refractivity contribution in [3.05, 3.63) is 46.7 Å². The fraction of sp³-hybridized carbons (Fsp3) is 0.350. The lowest BCUT2D eigenvalue weighted by molar-refractivity contribution is -0.121. The minimum absolute atomic E-state index is 0.0847. The van der Waals surface area contributed by atoms with Crippen LogP contribution < -0.4 is 10.6 Å². The number of nitrogens with zero attached hydrogens (tertiary/aromatic N) is 1. The van der Waals surface area contributed by atoms with Crippen LogP contribution in [0.3, 0.4) is 0 Å². The number of benzene rings is 1. The largest absolute Gasteiger partial charge is 0.326 e. The molecule has 0 bridgehead atoms. The van der Waals surface area contributed by atoms with Gasteiger partial charge in [-0.1, -0.05) is 19.1 Å². The number of piperidine rings is 1. The number of anilines is 2. The van der Waals surface area contributed by atoms with Crippen LogP contribution in [-0.2, 0) is 9.59 Å². The molecule has 3 amide bonds. The fourth-order valence-corrected chi connectivity index (χ4v) is 3.82. The van der Waals surface area contributed by atoms with Crippen molar-refractivity contribution in [2.75, 3.05) is 17.2 Å². The Kier molecular flexibility index (Phi) is 6.24. The highest BCUT2D eigenvalue weighted by atomic mass is 32.1. The van der Waals surface area contributed by atoms with Crippen LogP contribution in [0, 0.1) is 0 Å². The van der Waals surface area contributed by atoms with Gasteiger partial charge in [0.2, 0.25) is 11.8 Å². The van der Waals surface area contributed by atoms with E-state index in [1.165, 1.54) is 11.3 Å². The van der Waals surface area contributed by atoms with E-state index in [4.69, 9.17) is 0 Å². The molecule has 2 aromatic rings. The first-order valence-electron chi connectivity index (χ1n) is 9.13. The maximum Gasteiger partial charge on any atom is 0.264 e. The van der Waals surface area contributed by atoms with Gasteiger partial charge in [-0.3, -0.25) is 14.4 Å². The third-order valence-corrected chi connectivity index (χ3v) is 5.39. The maximum absolute atomic E-state index is 12.9. The van der Waals surface area contributed by atoms with Crippen molar-refractivity contribution >= 4 is 40.4 Å². The monoisotopic (exact) mass is 385 g/mol. The van der Waals surface area contributed by atoms with E-state index in [9.17, 15) is 14.4 Å². The van der Waals surface area contributed by atoms with E-state index in [0.717, 1.165) is 12.8 Å². The summed E-state index contributed by atoms with van der Waals surface area (Å²) in [7, 11) is 0. The average Bonchev–Trinajstić information content (AvgIpc) is 3.22. The summed E-state index contributed by atoms with van der Waals surface area (Å²) in [5.41, 5.74) is 1.23. The Labute approximate surface area is 162 Å². The summed E-state index contributed by atoms with van der Waals surface area (Å²) in [5, 5.41) is 7.53. The molecule has 27 heavy (non-hydrogen) atoms. The van der Waals surface area contributed by atoms with Gasteiger partial charge in [0.25, 0.3) is 5.91 Å². The van der Waals surface area contributed by atoms with Gasteiger partial charge in [-0.25, -0.2) is 0 Å². The molecule has 1 fully saturated rings. The van der Waals surface area contributed by atoms with Gasteiger partial charge in [0.05, 0.1) is 4.88 Å². The minimum Gasteiger partial charge on any atom is -0.326 e. The summed E-state index contributed by atoms with van der Waals surface area (Å²) in [5.74, 6) is -0.370. The van der Waals surface area contributed by atoms with Gasteiger partial charge < -0.3 is 15.5 Å². The zero-order valence-corrected chi connectivity index (χ0v) is 16.1. The molecule has 0 spiro atoms. The molecule has 1 aromatic carbocycles. The summed E-state index contributed by atoms with van der Waals surface area (Å²) in [6.45, 7) is 2.37. The minimum atomic E-state index is -0.484. The molecule has 142 valence electrons. The Morgan fingerprint density at radius 3 is 2.59 bits per heavy atom. The van der Waals surface area contributed by atoms with E-state index < -0.39 is 6.04 Å². The van der Waals surface area contributed by atoms with Gasteiger partial charge in [-0.15, -0.1) is 11.3 Å². The molecular formula is C20H23N3O3S. The zero-order valence-electron chi connectivity index (χ0n) is 15.2. The van der Waals surface area contributed by atoms with Crippen LogP contribution in [0.5, 0.6) is 0 Å². The summed E-state index contributed by atoms with van der Waals surface area (Å²) >= 11 is 1.39. The molecule has 2 N–H and O–H groups in total. The van der Waals surface area contributed by atoms with Crippen molar-refractivity contribution in [2.45, 2.75) is 38.6 Å². The quantitative estimate of drug-likeness (QED) is 0.823. The Bertz CT molecular complexity index is 820. The van der Waals surface area contributed by atoms with Crippen molar-refractivity contribution < 1.29 is 14.4 Å². The van der Waals surface area contributed by atoms with Gasteiger partial charge >= 0.3 is 0 Å². The number of rotatable bonds is 5. The van der Waals surface area contributed by atoms with E-state index in [2.05, 4.69) is 10.6 Å². The SMILES string of the molecule is CCC(=O)Nc1cccc(NC(=O)[C@@H]2CCCCN2C(=O)c2cccs2)c1. The number of carbonyl (C=O) groups is 3. The fourth-order valence-electron chi connectivity index (χ4n) is 3.14. The van der Waals surface area contributed by atoms with Crippen molar-refractivity contribution in [2.24, 2.45) is 0 Å². The number of nitrogens with one attached hydrogen (secondary N) is 2. The highest BCUT2D eigenvalue weighted by Crippen LogP contribution is 2.23. The molecule has 0 unspecified atom stereocenters. The first kappa shape index (κ1) is 19.1. The molecule has 1 atom stereocenters. The Hall–Kier alpha value is -2.67. The highest BCUT2D eigenvalue weighted by molar-refractivity contribution is 7.12. The zero-order chi connectivity index (χ0) is 19.2. The highest BCUT2D eigenvalue weighted by Gasteiger charge is 2.33. The van der Waals surface area contributed by atoms with E-state index >= 15 is 0 Å². The topological polar surface area (TPSA) is 78.5 Å². The molecular weight excluding hydrogens is 362 g/mol. The van der Waals surface area contributed by atoms with Crippen LogP contribution in [0.1, 0.15) is 42.3 Å². The van der Waals surface area contributed by atoms with Crippen molar-refractivity contribution in [1.82, 2.24) is 4.90 Å². The summed E-state index contributed by atoms with van der Waals surface area (Å²) in [6, 6.07) is 10.2. The van der Waals surface area contributed by atoms with Gasteiger partial charge in [0.1, 0.15) is 6.04 Å². The van der Waals surface area contributed by atoms with E-state index in [1.54, 1.807) is 42.2 Å². The third kappa shape index (κ3) is 4.74. The Balaban J connectivity index is 1.71. The van der Waals surface area contributed by atoms with Crippen LogP contribution in [-0.4, -0.2) is 35.2 Å². The number of hydrogen-bond acceptors (Lipinski definition) is 4. The molecule has 7 heteroatoms. The van der Waals surface area contributed by atoms with E-state index in [1.807, 2.05) is 11.4 Å². The van der Waals surface area contributed by atoms with Gasteiger partial charge in [0, 0.05) is 24.3 Å². The van der Waals surface area contributed by atoms with Crippen LogP contribution >= 0.6 is 11.3 Å². The Morgan fingerprint density at radius 2 is 1.89 bits per heavy atom. The second-order valence-electron chi connectivity index (χ2n) is 6.46.